The van der Waals surface area contributed by atoms with Crippen molar-refractivity contribution in [2.45, 2.75) is 38.2 Å². The molecule has 0 bridgehead atoms. The van der Waals surface area contributed by atoms with Gasteiger partial charge in [-0.1, -0.05) is 0 Å². The molecule has 0 aromatic carbocycles. The van der Waals surface area contributed by atoms with Crippen molar-refractivity contribution in [1.82, 2.24) is 14.8 Å². The molecule has 2 amide bonds. The summed E-state index contributed by atoms with van der Waals surface area (Å²) in [7, 11) is 0. The van der Waals surface area contributed by atoms with Gasteiger partial charge >= 0.3 is 0 Å². The average molecular weight is 346 g/mol. The maximum atomic E-state index is 12.4. The largest absolute Gasteiger partial charge is 0.384 e. The van der Waals surface area contributed by atoms with Crippen molar-refractivity contribution in [3.05, 3.63) is 23.9 Å². The van der Waals surface area contributed by atoms with E-state index in [1.807, 2.05) is 17.0 Å². The summed E-state index contributed by atoms with van der Waals surface area (Å²) < 4.78 is 5.80. The highest BCUT2D eigenvalue weighted by Gasteiger charge is 2.26. The number of aromatic nitrogens is 1. The number of hydrogen-bond acceptors (Lipinski definition) is 5. The van der Waals surface area contributed by atoms with Crippen LogP contribution in [0.5, 0.6) is 0 Å². The topological polar surface area (TPSA) is 88.8 Å². The molecule has 3 heterocycles. The van der Waals surface area contributed by atoms with Gasteiger partial charge in [0.05, 0.1) is 12.7 Å². The van der Waals surface area contributed by atoms with Crippen LogP contribution in [0.3, 0.4) is 0 Å². The number of nitrogen functional groups attached to an aromatic ring is 1. The van der Waals surface area contributed by atoms with Gasteiger partial charge in [0, 0.05) is 45.2 Å². The maximum absolute atomic E-state index is 12.4. The van der Waals surface area contributed by atoms with E-state index >= 15 is 0 Å². The van der Waals surface area contributed by atoms with Crippen molar-refractivity contribution in [3.63, 3.8) is 0 Å². The molecule has 1 aromatic rings. The third-order valence-corrected chi connectivity index (χ3v) is 4.86. The Bertz CT molecular complexity index is 622. The van der Waals surface area contributed by atoms with Crippen LogP contribution in [-0.4, -0.2) is 65.5 Å². The van der Waals surface area contributed by atoms with Crippen LogP contribution in [0.1, 0.15) is 31.2 Å². The zero-order valence-corrected chi connectivity index (χ0v) is 14.5. The predicted octanol–water partition coefficient (Wildman–Crippen LogP) is 0.836. The Kier molecular flexibility index (Phi) is 5.86. The molecule has 0 radical (unpaired) electrons. The summed E-state index contributed by atoms with van der Waals surface area (Å²) in [5, 5.41) is 0. The summed E-state index contributed by atoms with van der Waals surface area (Å²) in [6, 6.07) is 3.83. The van der Waals surface area contributed by atoms with Gasteiger partial charge in [0.1, 0.15) is 5.82 Å². The van der Waals surface area contributed by atoms with Crippen LogP contribution in [0.2, 0.25) is 0 Å². The Morgan fingerprint density at radius 3 is 3.04 bits per heavy atom. The fourth-order valence-corrected chi connectivity index (χ4v) is 3.43. The second-order valence-electron chi connectivity index (χ2n) is 6.69. The highest BCUT2D eigenvalue weighted by atomic mass is 16.5. The zero-order chi connectivity index (χ0) is 17.6. The molecule has 2 N–H and O–H groups in total. The number of pyridine rings is 1. The van der Waals surface area contributed by atoms with Crippen molar-refractivity contribution < 1.29 is 14.3 Å². The van der Waals surface area contributed by atoms with Gasteiger partial charge in [-0.05, 0) is 37.0 Å². The van der Waals surface area contributed by atoms with Crippen molar-refractivity contribution >= 4 is 17.6 Å². The number of aryl methyl sites for hydroxylation is 1. The van der Waals surface area contributed by atoms with E-state index in [1.165, 1.54) is 0 Å². The van der Waals surface area contributed by atoms with E-state index < -0.39 is 0 Å². The normalized spacial score (nSPS) is 21.0. The van der Waals surface area contributed by atoms with Gasteiger partial charge in [0.15, 0.2) is 0 Å². The van der Waals surface area contributed by atoms with Crippen molar-refractivity contribution in [2.24, 2.45) is 0 Å². The van der Waals surface area contributed by atoms with Crippen molar-refractivity contribution in [3.8, 4) is 0 Å². The van der Waals surface area contributed by atoms with Crippen LogP contribution in [0.4, 0.5) is 5.82 Å². The fraction of sp³-hybridized carbons (Fsp3) is 0.611. The number of likely N-dealkylation sites (tertiary alicyclic amines) is 1. The average Bonchev–Trinajstić information content (AvgIpc) is 3.03. The summed E-state index contributed by atoms with van der Waals surface area (Å²) in [4.78, 5) is 31.7. The molecule has 1 aromatic heterocycles. The SMILES string of the molecule is Nc1cc(CC[C@H]2CN(C(=O)CCN3CCCC3=O)CCO2)ccn1. The highest BCUT2D eigenvalue weighted by molar-refractivity contribution is 5.80. The van der Waals surface area contributed by atoms with Gasteiger partial charge in [-0.3, -0.25) is 9.59 Å². The van der Waals surface area contributed by atoms with E-state index in [-0.39, 0.29) is 17.9 Å². The Morgan fingerprint density at radius 2 is 2.28 bits per heavy atom. The lowest BCUT2D eigenvalue weighted by molar-refractivity contribution is -0.139. The molecule has 7 heteroatoms. The number of carbonyl (C=O) groups excluding carboxylic acids is 2. The van der Waals surface area contributed by atoms with Crippen molar-refractivity contribution in [1.29, 1.82) is 0 Å². The molecule has 0 aliphatic carbocycles. The lowest BCUT2D eigenvalue weighted by Gasteiger charge is -2.33. The molecule has 0 unspecified atom stereocenters. The van der Waals surface area contributed by atoms with Gasteiger partial charge in [-0.25, -0.2) is 4.98 Å². The van der Waals surface area contributed by atoms with E-state index in [0.29, 0.717) is 44.9 Å². The van der Waals surface area contributed by atoms with Gasteiger partial charge in [-0.2, -0.15) is 0 Å². The number of ether oxygens (including phenoxy) is 1. The zero-order valence-electron chi connectivity index (χ0n) is 14.5. The summed E-state index contributed by atoms with van der Waals surface area (Å²) in [6.45, 7) is 3.14. The van der Waals surface area contributed by atoms with Crippen LogP contribution in [0.15, 0.2) is 18.3 Å². The first-order valence-corrected chi connectivity index (χ1v) is 8.99. The maximum Gasteiger partial charge on any atom is 0.224 e. The molecule has 2 fully saturated rings. The van der Waals surface area contributed by atoms with Gasteiger partial charge in [-0.15, -0.1) is 0 Å². The van der Waals surface area contributed by atoms with Gasteiger partial charge < -0.3 is 20.3 Å². The Labute approximate surface area is 148 Å². The minimum atomic E-state index is 0.0421. The molecule has 3 rings (SSSR count). The molecule has 2 aliphatic rings. The summed E-state index contributed by atoms with van der Waals surface area (Å²) in [5.41, 5.74) is 6.83. The summed E-state index contributed by atoms with van der Waals surface area (Å²) in [5.74, 6) is 0.806. The Hall–Kier alpha value is -2.15. The monoisotopic (exact) mass is 346 g/mol. The molecule has 1 atom stereocenters. The fourth-order valence-electron chi connectivity index (χ4n) is 3.43. The number of nitrogens with two attached hydrogens (primary N) is 1. The number of morpholine rings is 1. The van der Waals surface area contributed by atoms with Crippen molar-refractivity contribution in [2.75, 3.05) is 38.5 Å². The summed E-state index contributed by atoms with van der Waals surface area (Å²) >= 11 is 0. The van der Waals surface area contributed by atoms with E-state index in [4.69, 9.17) is 10.5 Å². The lowest BCUT2D eigenvalue weighted by Crippen LogP contribution is -2.46. The number of amides is 2. The third kappa shape index (κ3) is 4.92. The minimum absolute atomic E-state index is 0.0421. The van der Waals surface area contributed by atoms with E-state index in [1.54, 1.807) is 11.1 Å². The van der Waals surface area contributed by atoms with Crippen LogP contribution in [-0.2, 0) is 20.7 Å². The number of rotatable bonds is 6. The number of nitrogens with zero attached hydrogens (tertiary/aromatic N) is 3. The smallest absolute Gasteiger partial charge is 0.224 e. The molecule has 7 nitrogen and oxygen atoms in total. The minimum Gasteiger partial charge on any atom is -0.384 e. The second-order valence-corrected chi connectivity index (χ2v) is 6.69. The molecular formula is C18H26N4O3. The van der Waals surface area contributed by atoms with E-state index in [0.717, 1.165) is 31.4 Å². The van der Waals surface area contributed by atoms with Crippen LogP contribution >= 0.6 is 0 Å². The number of anilines is 1. The number of hydrogen-bond donors (Lipinski definition) is 1. The molecular weight excluding hydrogens is 320 g/mol. The van der Waals surface area contributed by atoms with Crippen LogP contribution in [0, 0.1) is 0 Å². The Balaban J connectivity index is 1.43. The van der Waals surface area contributed by atoms with Gasteiger partial charge in [0.25, 0.3) is 0 Å². The van der Waals surface area contributed by atoms with Crippen LogP contribution in [0.25, 0.3) is 0 Å². The third-order valence-electron chi connectivity index (χ3n) is 4.86. The molecule has 25 heavy (non-hydrogen) atoms. The number of carbonyl (C=O) groups is 2. The standard InChI is InChI=1S/C18H26N4O3/c19-16-12-14(5-7-20-16)3-4-15-13-22(10-11-25-15)18(24)6-9-21-8-1-2-17(21)23/h5,7,12,15H,1-4,6,8-11,13H2,(H2,19,20)/t15-/m0/s1. The highest BCUT2D eigenvalue weighted by Crippen LogP contribution is 2.15. The first kappa shape index (κ1) is 17.7. The molecule has 0 saturated carbocycles. The summed E-state index contributed by atoms with van der Waals surface area (Å²) in [6.07, 6.45) is 5.38. The van der Waals surface area contributed by atoms with Gasteiger partial charge in [0.2, 0.25) is 11.8 Å². The Morgan fingerprint density at radius 1 is 1.40 bits per heavy atom. The van der Waals surface area contributed by atoms with Crippen LogP contribution < -0.4 is 5.73 Å². The molecule has 2 saturated heterocycles. The second kappa shape index (κ2) is 8.29. The quantitative estimate of drug-likeness (QED) is 0.824. The first-order valence-electron chi connectivity index (χ1n) is 8.99. The predicted molar refractivity (Wildman–Crippen MR) is 93.7 cm³/mol. The lowest BCUT2D eigenvalue weighted by atomic mass is 10.1. The molecule has 0 spiro atoms. The first-order chi connectivity index (χ1) is 12.1. The van der Waals surface area contributed by atoms with E-state index in [9.17, 15) is 9.59 Å². The van der Waals surface area contributed by atoms with E-state index in [2.05, 4.69) is 4.98 Å². The molecule has 136 valence electrons. The molecule has 2 aliphatic heterocycles.